The van der Waals surface area contributed by atoms with Gasteiger partial charge in [0.15, 0.2) is 0 Å². The molecule has 0 bridgehead atoms. The molecule has 40 valence electrons. The Balaban J connectivity index is 2.99. The molecule has 0 aliphatic rings. The van der Waals surface area contributed by atoms with E-state index in [1.54, 1.807) is 0 Å². The third kappa shape index (κ3) is 2.44. The smallest absolute Gasteiger partial charge is 0.212 e. The summed E-state index contributed by atoms with van der Waals surface area (Å²) < 4.78 is 0. The van der Waals surface area contributed by atoms with Crippen LogP contribution in [0.5, 0.6) is 0 Å². The first-order valence-electron chi connectivity index (χ1n) is 2.56. The van der Waals surface area contributed by atoms with E-state index >= 15 is 0 Å². The fraction of sp³-hybridized carbons (Fsp3) is 0.429. The van der Waals surface area contributed by atoms with Gasteiger partial charge in [-0.1, -0.05) is 0 Å². The SMILES string of the molecule is [CH2+]C[C+](C[CH2-])C[CH2-]. The highest BCUT2D eigenvalue weighted by atomic mass is 14.0. The minimum Gasteiger partial charge on any atom is -0.299 e. The predicted molar refractivity (Wildman–Crippen MR) is 33.2 cm³/mol. The third-order valence-electron chi connectivity index (χ3n) is 1.06. The summed E-state index contributed by atoms with van der Waals surface area (Å²) >= 11 is 0. The van der Waals surface area contributed by atoms with Gasteiger partial charge in [-0.05, 0) is 12.8 Å². The largest absolute Gasteiger partial charge is 0.299 e. The normalized spacial score (nSPS) is 8.86. The molecule has 0 heterocycles. The number of rotatable bonds is 3. The monoisotopic (exact) mass is 96.1 g/mol. The summed E-state index contributed by atoms with van der Waals surface area (Å²) in [6.07, 6.45) is 2.69. The van der Waals surface area contributed by atoms with Crippen molar-refractivity contribution in [3.8, 4) is 0 Å². The quantitative estimate of drug-likeness (QED) is 0.473. The Bertz CT molecular complexity index is 21.5. The molecule has 0 aromatic carbocycles. The van der Waals surface area contributed by atoms with Crippen molar-refractivity contribution in [2.24, 2.45) is 0 Å². The van der Waals surface area contributed by atoms with Gasteiger partial charge in [-0.15, -0.1) is 0 Å². The molecule has 0 radical (unpaired) electrons. The lowest BCUT2D eigenvalue weighted by Crippen LogP contribution is -1.89. The molecule has 0 aliphatic heterocycles. The molecule has 0 N–H and O–H groups in total. The zero-order valence-corrected chi connectivity index (χ0v) is 4.74. The van der Waals surface area contributed by atoms with Crippen LogP contribution in [-0.4, -0.2) is 0 Å². The molecule has 0 atom stereocenters. The minimum atomic E-state index is 0.896. The highest BCUT2D eigenvalue weighted by Crippen LogP contribution is 2.12. The lowest BCUT2D eigenvalue weighted by molar-refractivity contribution is 0.840. The molecule has 0 unspecified atom stereocenters. The van der Waals surface area contributed by atoms with E-state index in [2.05, 4.69) is 20.8 Å². The highest BCUT2D eigenvalue weighted by Gasteiger charge is 2.05. The van der Waals surface area contributed by atoms with Gasteiger partial charge >= 0.3 is 0 Å². The molecule has 0 aliphatic carbocycles. The summed E-state index contributed by atoms with van der Waals surface area (Å²) in [4.78, 5) is 0. The van der Waals surface area contributed by atoms with Gasteiger partial charge in [0.2, 0.25) is 6.42 Å². The topological polar surface area (TPSA) is 0 Å². The Morgan fingerprint density at radius 1 is 1.29 bits per heavy atom. The standard InChI is InChI=1S/C7H12/c1-4-7(5-2)6-3/h1-6H2. The fourth-order valence-corrected chi connectivity index (χ4v) is 0.375. The molecule has 0 saturated carbocycles. The van der Waals surface area contributed by atoms with E-state index in [0.29, 0.717) is 0 Å². The molecule has 0 aromatic rings. The Kier molecular flexibility index (Phi) is 3.77. The molecule has 0 heteroatoms. The van der Waals surface area contributed by atoms with Crippen LogP contribution in [0.1, 0.15) is 19.3 Å². The second-order valence-electron chi connectivity index (χ2n) is 1.50. The zero-order valence-electron chi connectivity index (χ0n) is 4.74. The molecular weight excluding hydrogens is 84.1 g/mol. The molecular formula is C7H12. The van der Waals surface area contributed by atoms with Crippen molar-refractivity contribution in [1.29, 1.82) is 0 Å². The summed E-state index contributed by atoms with van der Waals surface area (Å²) in [7, 11) is 0. The Morgan fingerprint density at radius 3 is 1.71 bits per heavy atom. The van der Waals surface area contributed by atoms with Crippen molar-refractivity contribution in [3.05, 3.63) is 26.7 Å². The first-order valence-corrected chi connectivity index (χ1v) is 2.56. The van der Waals surface area contributed by atoms with Crippen LogP contribution in [0.25, 0.3) is 0 Å². The van der Waals surface area contributed by atoms with E-state index in [-0.39, 0.29) is 0 Å². The average molecular weight is 96.2 g/mol. The maximum absolute atomic E-state index is 3.71. The van der Waals surface area contributed by atoms with Crippen LogP contribution < -0.4 is 0 Å². The van der Waals surface area contributed by atoms with Crippen molar-refractivity contribution in [2.75, 3.05) is 0 Å². The molecule has 0 fully saturated rings. The van der Waals surface area contributed by atoms with Gasteiger partial charge < -0.3 is 0 Å². The maximum Gasteiger partial charge on any atom is 0.212 e. The Hall–Kier alpha value is -0.260. The van der Waals surface area contributed by atoms with Crippen molar-refractivity contribution in [1.82, 2.24) is 0 Å². The lowest BCUT2D eigenvalue weighted by Gasteiger charge is -1.98. The summed E-state index contributed by atoms with van der Waals surface area (Å²) in [6, 6.07) is 0. The van der Waals surface area contributed by atoms with Crippen LogP contribution in [0.2, 0.25) is 0 Å². The average Bonchev–Trinajstić information content (AvgIpc) is 1.72. The lowest BCUT2D eigenvalue weighted by atomic mass is 10.0. The van der Waals surface area contributed by atoms with Crippen molar-refractivity contribution in [2.45, 2.75) is 19.3 Å². The van der Waals surface area contributed by atoms with Crippen LogP contribution in [0.4, 0.5) is 0 Å². The van der Waals surface area contributed by atoms with Crippen LogP contribution in [0.15, 0.2) is 0 Å². The molecule has 0 nitrogen and oxygen atoms in total. The fourth-order valence-electron chi connectivity index (χ4n) is 0.375. The minimum absolute atomic E-state index is 0.896. The third-order valence-corrected chi connectivity index (χ3v) is 1.06. The molecule has 0 rings (SSSR count). The van der Waals surface area contributed by atoms with Gasteiger partial charge in [0.05, 0.1) is 5.92 Å². The van der Waals surface area contributed by atoms with Gasteiger partial charge in [-0.25, -0.2) is 0 Å². The number of hydrogen-bond donors (Lipinski definition) is 0. The first kappa shape index (κ1) is 6.74. The summed E-state index contributed by atoms with van der Waals surface area (Å²) in [5.74, 6) is 1.35. The first-order chi connectivity index (χ1) is 3.35. The maximum atomic E-state index is 3.71. The van der Waals surface area contributed by atoms with E-state index in [9.17, 15) is 0 Å². The van der Waals surface area contributed by atoms with Crippen molar-refractivity contribution in [3.63, 3.8) is 0 Å². The van der Waals surface area contributed by atoms with E-state index in [4.69, 9.17) is 0 Å². The summed E-state index contributed by atoms with van der Waals surface area (Å²) in [5, 5.41) is 0. The summed E-state index contributed by atoms with van der Waals surface area (Å²) in [6.45, 7) is 11.1. The number of hydrogen-bond acceptors (Lipinski definition) is 0. The van der Waals surface area contributed by atoms with Gasteiger partial charge in [0.25, 0.3) is 0 Å². The molecule has 0 amide bonds. The Morgan fingerprint density at radius 2 is 1.71 bits per heavy atom. The highest BCUT2D eigenvalue weighted by molar-refractivity contribution is 4.91. The van der Waals surface area contributed by atoms with Crippen LogP contribution >= 0.6 is 0 Å². The van der Waals surface area contributed by atoms with Gasteiger partial charge in [0, 0.05) is 0 Å². The van der Waals surface area contributed by atoms with Gasteiger partial charge in [-0.2, -0.15) is 0 Å². The molecule has 0 aromatic heterocycles. The van der Waals surface area contributed by atoms with E-state index in [0.717, 1.165) is 19.3 Å². The van der Waals surface area contributed by atoms with E-state index in [1.807, 2.05) is 0 Å². The van der Waals surface area contributed by atoms with Crippen molar-refractivity contribution >= 4 is 0 Å². The Labute approximate surface area is 46.9 Å². The van der Waals surface area contributed by atoms with Gasteiger partial charge in [-0.3, -0.25) is 13.8 Å². The van der Waals surface area contributed by atoms with Gasteiger partial charge in [0.1, 0.15) is 6.92 Å². The predicted octanol–water partition coefficient (Wildman–Crippen LogP) is 2.23. The van der Waals surface area contributed by atoms with E-state index in [1.165, 1.54) is 5.92 Å². The summed E-state index contributed by atoms with van der Waals surface area (Å²) in [5.41, 5.74) is 0. The second-order valence-corrected chi connectivity index (χ2v) is 1.50. The second kappa shape index (κ2) is 3.91. The molecule has 0 saturated heterocycles. The van der Waals surface area contributed by atoms with Crippen molar-refractivity contribution < 1.29 is 0 Å². The van der Waals surface area contributed by atoms with E-state index < -0.39 is 0 Å². The molecule has 0 spiro atoms. The molecule has 7 heavy (non-hydrogen) atoms. The van der Waals surface area contributed by atoms with Crippen LogP contribution in [0, 0.1) is 26.7 Å². The zero-order chi connectivity index (χ0) is 5.70. The van der Waals surface area contributed by atoms with Crippen LogP contribution in [0.3, 0.4) is 0 Å². The van der Waals surface area contributed by atoms with Crippen LogP contribution in [-0.2, 0) is 0 Å².